The third kappa shape index (κ3) is 2.59. The van der Waals surface area contributed by atoms with Crippen LogP contribution in [0.25, 0.3) is 0 Å². The molecule has 4 nitrogen and oxygen atoms in total. The van der Waals surface area contributed by atoms with Crippen LogP contribution in [0.2, 0.25) is 5.02 Å². The van der Waals surface area contributed by atoms with Crippen molar-refractivity contribution in [3.63, 3.8) is 0 Å². The van der Waals surface area contributed by atoms with E-state index in [1.807, 2.05) is 19.1 Å². The molecule has 0 unspecified atom stereocenters. The van der Waals surface area contributed by atoms with E-state index in [1.54, 1.807) is 24.3 Å². The van der Waals surface area contributed by atoms with Gasteiger partial charge in [0.2, 0.25) is 0 Å². The molecule has 21 heavy (non-hydrogen) atoms. The molecule has 0 atom stereocenters. The Hall–Kier alpha value is -1.72. The first-order valence-corrected chi connectivity index (χ1v) is 8.32. The maximum Gasteiger partial charge on any atom is 0.264 e. The highest BCUT2D eigenvalue weighted by Crippen LogP contribution is 2.36. The lowest BCUT2D eigenvalue weighted by molar-refractivity contribution is 0.315. The standard InChI is InChI=1S/C15H14ClNO3S/c1-11-5-6-15-14(9-11)17(7-8-20-15)21(18,19)13-4-2-3-12(16)10-13/h2-6,9-10H,7-8H2,1H3. The average molecular weight is 324 g/mol. The first kappa shape index (κ1) is 14.2. The lowest BCUT2D eigenvalue weighted by Gasteiger charge is -2.30. The Labute approximate surface area is 129 Å². The Bertz CT molecular complexity index is 789. The van der Waals surface area contributed by atoms with Crippen LogP contribution in [-0.4, -0.2) is 21.6 Å². The van der Waals surface area contributed by atoms with E-state index in [0.29, 0.717) is 23.1 Å². The number of benzene rings is 2. The number of aryl methyl sites for hydroxylation is 1. The smallest absolute Gasteiger partial charge is 0.264 e. The van der Waals surface area contributed by atoms with E-state index in [2.05, 4.69) is 0 Å². The summed E-state index contributed by atoms with van der Waals surface area (Å²) in [5.41, 5.74) is 1.55. The highest BCUT2D eigenvalue weighted by Gasteiger charge is 2.30. The normalized spacial score (nSPS) is 14.5. The molecule has 0 aliphatic carbocycles. The van der Waals surface area contributed by atoms with Gasteiger partial charge in [0, 0.05) is 5.02 Å². The number of rotatable bonds is 2. The van der Waals surface area contributed by atoms with Crippen molar-refractivity contribution in [3.8, 4) is 5.75 Å². The van der Waals surface area contributed by atoms with Gasteiger partial charge in [0.05, 0.1) is 17.1 Å². The molecule has 0 amide bonds. The molecule has 3 rings (SSSR count). The molecule has 0 N–H and O–H groups in total. The summed E-state index contributed by atoms with van der Waals surface area (Å²) in [4.78, 5) is 0.185. The predicted octanol–water partition coefficient (Wildman–Crippen LogP) is 3.24. The van der Waals surface area contributed by atoms with E-state index in [-0.39, 0.29) is 11.4 Å². The van der Waals surface area contributed by atoms with Crippen molar-refractivity contribution in [1.29, 1.82) is 0 Å². The second kappa shape index (κ2) is 5.24. The zero-order valence-corrected chi connectivity index (χ0v) is 13.0. The van der Waals surface area contributed by atoms with Gasteiger partial charge in [-0.25, -0.2) is 8.42 Å². The second-order valence-corrected chi connectivity index (χ2v) is 7.15. The van der Waals surface area contributed by atoms with Crippen LogP contribution in [0, 0.1) is 6.92 Å². The van der Waals surface area contributed by atoms with Crippen LogP contribution in [-0.2, 0) is 10.0 Å². The van der Waals surface area contributed by atoms with Crippen LogP contribution in [0.4, 0.5) is 5.69 Å². The van der Waals surface area contributed by atoms with E-state index in [0.717, 1.165) is 5.56 Å². The van der Waals surface area contributed by atoms with Crippen LogP contribution in [0.5, 0.6) is 5.75 Å². The SMILES string of the molecule is Cc1ccc2c(c1)N(S(=O)(=O)c1cccc(Cl)c1)CCO2. The lowest BCUT2D eigenvalue weighted by Crippen LogP contribution is -2.37. The number of halogens is 1. The largest absolute Gasteiger partial charge is 0.489 e. The number of hydrogen-bond donors (Lipinski definition) is 0. The molecular weight excluding hydrogens is 310 g/mol. The third-order valence-corrected chi connectivity index (χ3v) is 5.36. The van der Waals surface area contributed by atoms with Gasteiger partial charge in [-0.15, -0.1) is 0 Å². The summed E-state index contributed by atoms with van der Waals surface area (Å²) in [5.74, 6) is 0.581. The molecule has 6 heteroatoms. The van der Waals surface area contributed by atoms with Gasteiger partial charge in [0.25, 0.3) is 10.0 Å². The Morgan fingerprint density at radius 1 is 1.19 bits per heavy atom. The molecule has 1 heterocycles. The minimum atomic E-state index is -3.65. The fourth-order valence-electron chi connectivity index (χ4n) is 2.31. The summed E-state index contributed by atoms with van der Waals surface area (Å²) in [6.07, 6.45) is 0. The molecular formula is C15H14ClNO3S. The summed E-state index contributed by atoms with van der Waals surface area (Å²) in [7, 11) is -3.65. The quantitative estimate of drug-likeness (QED) is 0.852. The number of sulfonamides is 1. The Morgan fingerprint density at radius 3 is 2.76 bits per heavy atom. The van der Waals surface area contributed by atoms with Crippen molar-refractivity contribution in [3.05, 3.63) is 53.1 Å². The lowest BCUT2D eigenvalue weighted by atomic mass is 10.2. The number of hydrogen-bond acceptors (Lipinski definition) is 3. The highest BCUT2D eigenvalue weighted by atomic mass is 35.5. The van der Waals surface area contributed by atoms with Crippen LogP contribution in [0.3, 0.4) is 0 Å². The number of nitrogens with zero attached hydrogens (tertiary/aromatic N) is 1. The van der Waals surface area contributed by atoms with Gasteiger partial charge < -0.3 is 4.74 Å². The van der Waals surface area contributed by atoms with E-state index in [4.69, 9.17) is 16.3 Å². The fourth-order valence-corrected chi connectivity index (χ4v) is 4.06. The number of fused-ring (bicyclic) bond motifs is 1. The molecule has 0 bridgehead atoms. The monoisotopic (exact) mass is 323 g/mol. The Morgan fingerprint density at radius 2 is 2.00 bits per heavy atom. The van der Waals surface area contributed by atoms with Gasteiger partial charge in [-0.05, 0) is 42.8 Å². The van der Waals surface area contributed by atoms with Gasteiger partial charge in [-0.1, -0.05) is 23.7 Å². The van der Waals surface area contributed by atoms with Gasteiger partial charge in [0.1, 0.15) is 12.4 Å². The van der Waals surface area contributed by atoms with Crippen LogP contribution < -0.4 is 9.04 Å². The average Bonchev–Trinajstić information content (AvgIpc) is 2.46. The number of ether oxygens (including phenoxy) is 1. The van der Waals surface area contributed by atoms with Gasteiger partial charge in [-0.3, -0.25) is 4.31 Å². The molecule has 1 aliphatic rings. The van der Waals surface area contributed by atoms with Crippen molar-refractivity contribution >= 4 is 27.3 Å². The van der Waals surface area contributed by atoms with Crippen molar-refractivity contribution in [2.45, 2.75) is 11.8 Å². The highest BCUT2D eigenvalue weighted by molar-refractivity contribution is 7.92. The second-order valence-electron chi connectivity index (χ2n) is 4.85. The van der Waals surface area contributed by atoms with Crippen molar-refractivity contribution < 1.29 is 13.2 Å². The summed E-state index contributed by atoms with van der Waals surface area (Å²) in [5, 5.41) is 0.397. The molecule has 0 aromatic heterocycles. The molecule has 2 aromatic carbocycles. The molecule has 2 aromatic rings. The minimum Gasteiger partial charge on any atom is -0.489 e. The fraction of sp³-hybridized carbons (Fsp3) is 0.200. The molecule has 0 saturated heterocycles. The molecule has 0 spiro atoms. The molecule has 0 saturated carbocycles. The van der Waals surface area contributed by atoms with E-state index < -0.39 is 10.0 Å². The zero-order valence-electron chi connectivity index (χ0n) is 11.4. The first-order chi connectivity index (χ1) is 9.98. The molecule has 0 radical (unpaired) electrons. The maximum absolute atomic E-state index is 12.8. The van der Waals surface area contributed by atoms with Crippen LogP contribution in [0.15, 0.2) is 47.4 Å². The zero-order chi connectivity index (χ0) is 15.0. The van der Waals surface area contributed by atoms with E-state index in [9.17, 15) is 8.42 Å². The van der Waals surface area contributed by atoms with Crippen molar-refractivity contribution in [1.82, 2.24) is 0 Å². The van der Waals surface area contributed by atoms with Gasteiger partial charge in [0.15, 0.2) is 0 Å². The maximum atomic E-state index is 12.8. The predicted molar refractivity (Wildman–Crippen MR) is 82.7 cm³/mol. The summed E-state index contributed by atoms with van der Waals surface area (Å²) in [6, 6.07) is 11.8. The van der Waals surface area contributed by atoms with Crippen LogP contribution in [0.1, 0.15) is 5.56 Å². The minimum absolute atomic E-state index is 0.185. The number of anilines is 1. The van der Waals surface area contributed by atoms with Crippen molar-refractivity contribution in [2.75, 3.05) is 17.5 Å². The topological polar surface area (TPSA) is 46.6 Å². The third-order valence-electron chi connectivity index (χ3n) is 3.32. The molecule has 1 aliphatic heterocycles. The van der Waals surface area contributed by atoms with Crippen molar-refractivity contribution in [2.24, 2.45) is 0 Å². The Balaban J connectivity index is 2.11. The summed E-state index contributed by atoms with van der Waals surface area (Å²) in [6.45, 7) is 2.53. The molecule has 0 fully saturated rings. The Kier molecular flexibility index (Phi) is 3.55. The van der Waals surface area contributed by atoms with Gasteiger partial charge in [-0.2, -0.15) is 0 Å². The van der Waals surface area contributed by atoms with Gasteiger partial charge >= 0.3 is 0 Å². The summed E-state index contributed by atoms with van der Waals surface area (Å²) >= 11 is 5.91. The molecule has 110 valence electrons. The van der Waals surface area contributed by atoms with E-state index in [1.165, 1.54) is 10.4 Å². The summed E-state index contributed by atoms with van der Waals surface area (Å²) < 4.78 is 32.6. The van der Waals surface area contributed by atoms with E-state index >= 15 is 0 Å². The van der Waals surface area contributed by atoms with Crippen LogP contribution >= 0.6 is 11.6 Å². The first-order valence-electron chi connectivity index (χ1n) is 6.50.